The molecule has 31 heavy (non-hydrogen) atoms. The summed E-state index contributed by atoms with van der Waals surface area (Å²) in [6.45, 7) is 0.557. The molecule has 0 spiro atoms. The number of imide groups is 1. The number of piperidine rings is 1. The Morgan fingerprint density at radius 1 is 1.06 bits per heavy atom. The zero-order valence-electron chi connectivity index (χ0n) is 16.5. The number of fused-ring (bicyclic) bond motifs is 1. The number of aromatic nitrogens is 2. The Balaban J connectivity index is 1.44. The molecule has 0 radical (unpaired) electrons. The highest BCUT2D eigenvalue weighted by Gasteiger charge is 2.33. The molecule has 156 valence electrons. The van der Waals surface area contributed by atoms with Gasteiger partial charge in [-0.2, -0.15) is 0 Å². The quantitative estimate of drug-likeness (QED) is 0.637. The number of likely N-dealkylation sites (tertiary alicyclic amines) is 1. The molecule has 2 aliphatic heterocycles. The first-order valence-electron chi connectivity index (χ1n) is 10.1. The Morgan fingerprint density at radius 3 is 2.74 bits per heavy atom. The highest BCUT2D eigenvalue weighted by molar-refractivity contribution is 6.22. The average Bonchev–Trinajstić information content (AvgIpc) is 3.38. The number of carbonyl (C=O) groups is 3. The molecule has 1 fully saturated rings. The van der Waals surface area contributed by atoms with Crippen LogP contribution in [0, 0.1) is 5.82 Å². The maximum Gasteiger partial charge on any atom is 0.258 e. The fraction of sp³-hybridized carbons (Fsp3) is 0.217. The molecule has 1 unspecified atom stereocenters. The summed E-state index contributed by atoms with van der Waals surface area (Å²) in [6, 6.07) is 10.5. The molecule has 3 amide bonds. The molecule has 2 aromatic carbocycles. The molecule has 2 N–H and O–H groups in total. The van der Waals surface area contributed by atoms with Gasteiger partial charge in [0, 0.05) is 17.7 Å². The molecule has 2 aliphatic rings. The van der Waals surface area contributed by atoms with Gasteiger partial charge >= 0.3 is 0 Å². The number of hydrogen-bond donors (Lipinski definition) is 2. The molecular weight excluding hydrogens is 399 g/mol. The molecule has 3 aromatic rings. The van der Waals surface area contributed by atoms with Gasteiger partial charge in [0.15, 0.2) is 0 Å². The third-order valence-corrected chi connectivity index (χ3v) is 5.79. The lowest BCUT2D eigenvalue weighted by Gasteiger charge is -2.34. The summed E-state index contributed by atoms with van der Waals surface area (Å²) in [5.74, 6) is -0.849. The third kappa shape index (κ3) is 3.39. The van der Waals surface area contributed by atoms with Gasteiger partial charge in [0.2, 0.25) is 0 Å². The van der Waals surface area contributed by atoms with E-state index in [0.29, 0.717) is 29.2 Å². The number of H-pyrrole nitrogens is 1. The molecule has 1 aromatic heterocycles. The Hall–Kier alpha value is -3.81. The largest absolute Gasteiger partial charge is 0.340 e. The maximum atomic E-state index is 13.6. The maximum absolute atomic E-state index is 13.6. The number of amides is 3. The summed E-state index contributed by atoms with van der Waals surface area (Å²) < 4.78 is 13.6. The molecular formula is C23H19FN4O3. The zero-order chi connectivity index (χ0) is 21.5. The van der Waals surface area contributed by atoms with E-state index in [0.717, 1.165) is 19.3 Å². The second-order valence-corrected chi connectivity index (χ2v) is 7.75. The number of nitrogens with zero attached hydrogens (tertiary/aromatic N) is 2. The number of halogens is 1. The monoisotopic (exact) mass is 418 g/mol. The van der Waals surface area contributed by atoms with Crippen molar-refractivity contribution in [3.8, 4) is 11.3 Å². The summed E-state index contributed by atoms with van der Waals surface area (Å²) in [4.78, 5) is 46.5. The molecule has 5 rings (SSSR count). The van der Waals surface area contributed by atoms with Crippen LogP contribution < -0.4 is 5.32 Å². The highest BCUT2D eigenvalue weighted by Crippen LogP contribution is 2.32. The minimum absolute atomic E-state index is 0.218. The van der Waals surface area contributed by atoms with Gasteiger partial charge in [0.05, 0.1) is 29.1 Å². The van der Waals surface area contributed by atoms with Crippen LogP contribution in [-0.4, -0.2) is 39.1 Å². The lowest BCUT2D eigenvalue weighted by molar-refractivity contribution is 0.0600. The van der Waals surface area contributed by atoms with Crippen LogP contribution in [-0.2, 0) is 0 Å². The Kier molecular flexibility index (Phi) is 4.62. The van der Waals surface area contributed by atoms with Gasteiger partial charge in [0.25, 0.3) is 17.7 Å². The first-order valence-corrected chi connectivity index (χ1v) is 10.1. The van der Waals surface area contributed by atoms with Gasteiger partial charge in [-0.3, -0.25) is 19.7 Å². The van der Waals surface area contributed by atoms with Gasteiger partial charge in [-0.25, -0.2) is 9.37 Å². The van der Waals surface area contributed by atoms with Crippen molar-refractivity contribution in [1.29, 1.82) is 0 Å². The summed E-state index contributed by atoms with van der Waals surface area (Å²) >= 11 is 0. The fourth-order valence-electron chi connectivity index (χ4n) is 4.23. The molecule has 0 bridgehead atoms. The normalized spacial score (nSPS) is 18.1. The number of nitrogens with one attached hydrogen (secondary N) is 2. The number of benzene rings is 2. The number of aromatic amines is 1. The van der Waals surface area contributed by atoms with E-state index in [2.05, 4.69) is 15.3 Å². The molecule has 7 nitrogen and oxygen atoms in total. The highest BCUT2D eigenvalue weighted by atomic mass is 19.1. The van der Waals surface area contributed by atoms with Crippen molar-refractivity contribution in [2.24, 2.45) is 0 Å². The van der Waals surface area contributed by atoms with E-state index in [1.54, 1.807) is 29.3 Å². The number of hydrogen-bond acceptors (Lipinski definition) is 4. The lowest BCUT2D eigenvalue weighted by Crippen LogP contribution is -2.39. The zero-order valence-corrected chi connectivity index (χ0v) is 16.5. The van der Waals surface area contributed by atoms with Gasteiger partial charge in [-0.05, 0) is 49.6 Å². The van der Waals surface area contributed by atoms with Crippen LogP contribution in [0.5, 0.6) is 0 Å². The van der Waals surface area contributed by atoms with Gasteiger partial charge < -0.3 is 9.88 Å². The molecule has 0 saturated carbocycles. The van der Waals surface area contributed by atoms with Crippen molar-refractivity contribution in [2.75, 3.05) is 6.54 Å². The van der Waals surface area contributed by atoms with Crippen LogP contribution in [0.3, 0.4) is 0 Å². The van der Waals surface area contributed by atoms with Crippen LogP contribution in [0.1, 0.15) is 62.2 Å². The predicted octanol–water partition coefficient (Wildman–Crippen LogP) is 3.47. The van der Waals surface area contributed by atoms with E-state index >= 15 is 0 Å². The minimum Gasteiger partial charge on any atom is -0.340 e. The van der Waals surface area contributed by atoms with E-state index in [4.69, 9.17) is 0 Å². The van der Waals surface area contributed by atoms with E-state index in [-0.39, 0.29) is 28.9 Å². The predicted molar refractivity (Wildman–Crippen MR) is 110 cm³/mol. The van der Waals surface area contributed by atoms with Crippen molar-refractivity contribution in [2.45, 2.75) is 25.3 Å². The fourth-order valence-corrected chi connectivity index (χ4v) is 4.23. The topological polar surface area (TPSA) is 95.2 Å². The summed E-state index contributed by atoms with van der Waals surface area (Å²) in [5.41, 5.74) is 2.22. The smallest absolute Gasteiger partial charge is 0.258 e. The average molecular weight is 418 g/mol. The molecule has 0 aliphatic carbocycles. The minimum atomic E-state index is -0.490. The standard InChI is InChI=1S/C23H19FN4O3/c24-15-5-3-4-13(10-15)18-12-25-20(26-18)19-6-1-2-9-28(19)23(31)14-7-8-16-17(11-14)22(30)27-21(16)29/h3-5,7-8,10-12,19H,1-2,6,9H2,(H,25,26)(H,27,29,30). The Morgan fingerprint density at radius 2 is 1.90 bits per heavy atom. The number of carbonyl (C=O) groups excluding carboxylic acids is 3. The molecule has 3 heterocycles. The number of imidazole rings is 1. The van der Waals surface area contributed by atoms with Crippen molar-refractivity contribution in [3.05, 3.63) is 77.0 Å². The van der Waals surface area contributed by atoms with Gasteiger partial charge in [-0.1, -0.05) is 12.1 Å². The van der Waals surface area contributed by atoms with Crippen LogP contribution in [0.4, 0.5) is 4.39 Å². The Labute approximate surface area is 177 Å². The lowest BCUT2D eigenvalue weighted by atomic mass is 9.99. The van der Waals surface area contributed by atoms with Crippen LogP contribution >= 0.6 is 0 Å². The van der Waals surface area contributed by atoms with Gasteiger partial charge in [-0.15, -0.1) is 0 Å². The van der Waals surface area contributed by atoms with E-state index < -0.39 is 11.8 Å². The molecule has 1 atom stereocenters. The van der Waals surface area contributed by atoms with E-state index in [1.807, 2.05) is 0 Å². The second kappa shape index (κ2) is 7.46. The van der Waals surface area contributed by atoms with Crippen LogP contribution in [0.2, 0.25) is 0 Å². The van der Waals surface area contributed by atoms with E-state index in [9.17, 15) is 18.8 Å². The Bertz CT molecular complexity index is 1220. The first kappa shape index (κ1) is 19.2. The number of rotatable bonds is 3. The molecule has 8 heteroatoms. The van der Waals surface area contributed by atoms with Crippen molar-refractivity contribution < 1.29 is 18.8 Å². The first-order chi connectivity index (χ1) is 15.0. The third-order valence-electron chi connectivity index (χ3n) is 5.79. The van der Waals surface area contributed by atoms with Crippen molar-refractivity contribution in [3.63, 3.8) is 0 Å². The summed E-state index contributed by atoms with van der Waals surface area (Å²) in [7, 11) is 0. The van der Waals surface area contributed by atoms with E-state index in [1.165, 1.54) is 24.3 Å². The van der Waals surface area contributed by atoms with Crippen molar-refractivity contribution in [1.82, 2.24) is 20.2 Å². The van der Waals surface area contributed by atoms with Crippen molar-refractivity contribution >= 4 is 17.7 Å². The summed E-state index contributed by atoms with van der Waals surface area (Å²) in [6.07, 6.45) is 4.20. The van der Waals surface area contributed by atoms with Gasteiger partial charge in [0.1, 0.15) is 11.6 Å². The van der Waals surface area contributed by atoms with Crippen LogP contribution in [0.15, 0.2) is 48.7 Å². The van der Waals surface area contributed by atoms with Crippen LogP contribution in [0.25, 0.3) is 11.3 Å². The molecule has 1 saturated heterocycles. The SMILES string of the molecule is O=C1NC(=O)c2cc(C(=O)N3CCCCC3c3ncc(-c4cccc(F)c4)[nH]3)ccc21. The second-order valence-electron chi connectivity index (χ2n) is 7.75. The summed E-state index contributed by atoms with van der Waals surface area (Å²) in [5, 5.41) is 2.24.